The number of nitrogens with zero attached hydrogens (tertiary/aromatic N) is 3. The Kier molecular flexibility index (Phi) is 14.0. The first-order valence-corrected chi connectivity index (χ1v) is 15.6. The third-order valence-corrected chi connectivity index (χ3v) is 7.22. The summed E-state index contributed by atoms with van der Waals surface area (Å²) in [4.78, 5) is 0. The molecule has 0 saturated carbocycles. The second-order valence-electron chi connectivity index (χ2n) is 11.9. The highest BCUT2D eigenvalue weighted by Crippen LogP contribution is 2.34. The van der Waals surface area contributed by atoms with Gasteiger partial charge in [-0.25, -0.2) is 0 Å². The topological polar surface area (TPSA) is 43.2 Å². The van der Waals surface area contributed by atoms with Crippen molar-refractivity contribution in [2.45, 2.75) is 84.0 Å². The third kappa shape index (κ3) is 12.1. The van der Waals surface area contributed by atoms with E-state index in [0.717, 1.165) is 77.2 Å². The van der Waals surface area contributed by atoms with E-state index in [1.165, 1.54) is 57.8 Å². The maximum Gasteiger partial charge on any atom is 0.127 e. The van der Waals surface area contributed by atoms with E-state index >= 15 is 0 Å². The van der Waals surface area contributed by atoms with E-state index in [1.54, 1.807) is 0 Å². The number of hydrogen-bond acceptors (Lipinski definition) is 4. The number of hydrogen-bond donors (Lipinski definition) is 0. The largest absolute Gasteiger partial charge is 0.494 e. The average molecular weight is 547 g/mol. The van der Waals surface area contributed by atoms with Gasteiger partial charge in [0.15, 0.2) is 0 Å². The van der Waals surface area contributed by atoms with Gasteiger partial charge in [-0.3, -0.25) is 0 Å². The molecule has 0 saturated heterocycles. The highest BCUT2D eigenvalue weighted by molar-refractivity contribution is 5.96. The summed E-state index contributed by atoms with van der Waals surface area (Å²) in [5, 5.41) is 11.2. The minimum atomic E-state index is 0.721. The van der Waals surface area contributed by atoms with E-state index in [4.69, 9.17) is 9.47 Å². The van der Waals surface area contributed by atoms with Crippen molar-refractivity contribution in [2.75, 3.05) is 40.9 Å². The molecule has 40 heavy (non-hydrogen) atoms. The molecule has 3 aromatic rings. The minimum Gasteiger partial charge on any atom is -0.494 e. The zero-order chi connectivity index (χ0) is 28.5. The lowest BCUT2D eigenvalue weighted by molar-refractivity contribution is -0.870. The molecule has 3 rings (SSSR count). The molecule has 0 radical (unpaired) electrons. The van der Waals surface area contributed by atoms with Crippen LogP contribution in [0, 0.1) is 0 Å². The zero-order valence-corrected chi connectivity index (χ0v) is 25.5. The van der Waals surface area contributed by atoms with Crippen LogP contribution in [-0.2, 0) is 0 Å². The quantitative estimate of drug-likeness (QED) is 0.0803. The number of ether oxygens (including phenoxy) is 2. The van der Waals surface area contributed by atoms with Crippen molar-refractivity contribution in [3.63, 3.8) is 0 Å². The molecule has 0 unspecified atom stereocenters. The molecular weight excluding hydrogens is 494 g/mol. The second-order valence-corrected chi connectivity index (χ2v) is 11.9. The van der Waals surface area contributed by atoms with E-state index in [-0.39, 0.29) is 0 Å². The van der Waals surface area contributed by atoms with Crippen LogP contribution in [0.25, 0.3) is 10.8 Å². The monoisotopic (exact) mass is 546 g/mol. The van der Waals surface area contributed by atoms with E-state index in [1.807, 2.05) is 48.5 Å². The Morgan fingerprint density at radius 2 is 1.18 bits per heavy atom. The van der Waals surface area contributed by atoms with Crippen molar-refractivity contribution in [1.29, 1.82) is 0 Å². The molecule has 0 aliphatic heterocycles. The van der Waals surface area contributed by atoms with Crippen molar-refractivity contribution in [3.05, 3.63) is 60.7 Å². The molecule has 5 heteroatoms. The molecule has 5 nitrogen and oxygen atoms in total. The van der Waals surface area contributed by atoms with Crippen molar-refractivity contribution >= 4 is 22.1 Å². The van der Waals surface area contributed by atoms with Gasteiger partial charge in [0, 0.05) is 10.8 Å². The summed E-state index contributed by atoms with van der Waals surface area (Å²) in [6, 6.07) is 20.2. The Morgan fingerprint density at radius 1 is 0.575 bits per heavy atom. The number of fused-ring (bicyclic) bond motifs is 1. The van der Waals surface area contributed by atoms with Gasteiger partial charge in [0.25, 0.3) is 0 Å². The van der Waals surface area contributed by atoms with Crippen molar-refractivity contribution < 1.29 is 14.0 Å². The smallest absolute Gasteiger partial charge is 0.127 e. The van der Waals surface area contributed by atoms with Gasteiger partial charge in [-0.1, -0.05) is 89.0 Å². The standard InChI is InChI=1S/C35H52N3O2/c1-5-6-7-8-9-10-11-12-13-17-28-39-31-23-21-30(22-24-31)36-37-34-25-26-35(33-20-15-14-19-32(33)34)40-29-18-16-27-38(2,3)4/h14-15,19-26H,5-13,16-18,27-29H2,1-4H3/q+1. The van der Waals surface area contributed by atoms with Gasteiger partial charge >= 0.3 is 0 Å². The fraction of sp³-hybridized carbons (Fsp3) is 0.543. The number of unbranched alkanes of at least 4 members (excludes halogenated alkanes) is 10. The van der Waals surface area contributed by atoms with Crippen molar-refractivity contribution in [2.24, 2.45) is 10.2 Å². The first kappa shape index (κ1) is 31.6. The van der Waals surface area contributed by atoms with E-state index < -0.39 is 0 Å². The Bertz CT molecular complexity index is 1140. The molecule has 0 fully saturated rings. The number of azo groups is 1. The number of rotatable bonds is 20. The summed E-state index contributed by atoms with van der Waals surface area (Å²) < 4.78 is 13.1. The lowest BCUT2D eigenvalue weighted by Crippen LogP contribution is -2.35. The normalized spacial score (nSPS) is 11.9. The van der Waals surface area contributed by atoms with Crippen LogP contribution in [0.1, 0.15) is 84.0 Å². The van der Waals surface area contributed by atoms with Crippen LogP contribution in [0.4, 0.5) is 11.4 Å². The van der Waals surface area contributed by atoms with Gasteiger partial charge in [-0.15, -0.1) is 5.11 Å². The first-order valence-electron chi connectivity index (χ1n) is 15.6. The van der Waals surface area contributed by atoms with Crippen LogP contribution >= 0.6 is 0 Å². The predicted octanol–water partition coefficient (Wildman–Crippen LogP) is 10.4. The SMILES string of the molecule is CCCCCCCCCCCCOc1ccc(N=Nc2ccc(OCCCC[N+](C)(C)C)c3ccccc23)cc1. The molecule has 0 aromatic heterocycles. The molecule has 0 N–H and O–H groups in total. The van der Waals surface area contributed by atoms with E-state index in [2.05, 4.69) is 50.4 Å². The molecule has 0 spiro atoms. The Labute approximate surface area is 243 Å². The Morgan fingerprint density at radius 3 is 1.85 bits per heavy atom. The fourth-order valence-electron chi connectivity index (χ4n) is 4.84. The Hall–Kier alpha value is -2.92. The number of quaternary nitrogens is 1. The van der Waals surface area contributed by atoms with Crippen LogP contribution in [0.3, 0.4) is 0 Å². The van der Waals surface area contributed by atoms with Crippen LogP contribution in [0.2, 0.25) is 0 Å². The second kappa shape index (κ2) is 17.7. The van der Waals surface area contributed by atoms with Crippen molar-refractivity contribution in [1.82, 2.24) is 0 Å². The summed E-state index contributed by atoms with van der Waals surface area (Å²) in [5.41, 5.74) is 1.65. The van der Waals surface area contributed by atoms with Crippen molar-refractivity contribution in [3.8, 4) is 11.5 Å². The minimum absolute atomic E-state index is 0.721. The summed E-state index contributed by atoms with van der Waals surface area (Å²) in [5.74, 6) is 1.80. The molecule has 0 atom stereocenters. The van der Waals surface area contributed by atoms with Gasteiger partial charge < -0.3 is 14.0 Å². The highest BCUT2D eigenvalue weighted by atomic mass is 16.5. The number of benzene rings is 3. The molecule has 0 amide bonds. The fourth-order valence-corrected chi connectivity index (χ4v) is 4.84. The van der Waals surface area contributed by atoms with Gasteiger partial charge in [0.05, 0.1) is 52.3 Å². The maximum absolute atomic E-state index is 6.15. The predicted molar refractivity (Wildman–Crippen MR) is 170 cm³/mol. The third-order valence-electron chi connectivity index (χ3n) is 7.22. The summed E-state index contributed by atoms with van der Waals surface area (Å²) >= 11 is 0. The van der Waals surface area contributed by atoms with Crippen LogP contribution in [0.15, 0.2) is 70.9 Å². The Balaban J connectivity index is 1.42. The molecule has 218 valence electrons. The average Bonchev–Trinajstić information content (AvgIpc) is 2.95. The van der Waals surface area contributed by atoms with Gasteiger partial charge in [0.2, 0.25) is 0 Å². The van der Waals surface area contributed by atoms with Gasteiger partial charge in [-0.05, 0) is 55.7 Å². The first-order chi connectivity index (χ1) is 19.5. The van der Waals surface area contributed by atoms with E-state index in [9.17, 15) is 0 Å². The van der Waals surface area contributed by atoms with E-state index in [0.29, 0.717) is 0 Å². The molecular formula is C35H52N3O2+. The molecule has 0 heterocycles. The van der Waals surface area contributed by atoms with Crippen LogP contribution in [0.5, 0.6) is 11.5 Å². The highest BCUT2D eigenvalue weighted by Gasteiger charge is 2.09. The van der Waals surface area contributed by atoms with Crippen LogP contribution < -0.4 is 9.47 Å². The molecule has 3 aromatic carbocycles. The van der Waals surface area contributed by atoms with Crippen LogP contribution in [-0.4, -0.2) is 45.4 Å². The lowest BCUT2D eigenvalue weighted by atomic mass is 10.1. The lowest BCUT2D eigenvalue weighted by Gasteiger charge is -2.23. The van der Waals surface area contributed by atoms with Gasteiger partial charge in [0.1, 0.15) is 11.5 Å². The molecule has 0 aliphatic carbocycles. The zero-order valence-electron chi connectivity index (χ0n) is 25.5. The maximum atomic E-state index is 6.15. The molecule has 0 bridgehead atoms. The molecule has 0 aliphatic rings. The summed E-state index contributed by atoms with van der Waals surface area (Å²) in [6.45, 7) is 4.92. The van der Waals surface area contributed by atoms with Gasteiger partial charge in [-0.2, -0.15) is 5.11 Å². The summed E-state index contributed by atoms with van der Waals surface area (Å²) in [7, 11) is 6.68. The summed E-state index contributed by atoms with van der Waals surface area (Å²) in [6.07, 6.45) is 15.5.